The van der Waals surface area contributed by atoms with Crippen LogP contribution < -0.4 is 5.32 Å². The Kier molecular flexibility index (Phi) is 5.38. The van der Waals surface area contributed by atoms with E-state index in [1.165, 1.54) is 24.8 Å². The molecule has 0 spiro atoms. The summed E-state index contributed by atoms with van der Waals surface area (Å²) in [6.07, 6.45) is 3.65. The topological polar surface area (TPSA) is 39.1 Å². The van der Waals surface area contributed by atoms with Gasteiger partial charge in [-0.05, 0) is 24.1 Å². The van der Waals surface area contributed by atoms with Gasteiger partial charge in [0.05, 0.1) is 11.6 Å². The second-order valence-corrected chi connectivity index (χ2v) is 5.18. The van der Waals surface area contributed by atoms with Gasteiger partial charge in [-0.3, -0.25) is 4.90 Å². The van der Waals surface area contributed by atoms with Crippen LogP contribution in [0.15, 0.2) is 24.3 Å². The van der Waals surface area contributed by atoms with Crippen LogP contribution in [-0.4, -0.2) is 31.1 Å². The second-order valence-electron chi connectivity index (χ2n) is 5.18. The molecule has 1 aliphatic rings. The lowest BCUT2D eigenvalue weighted by Crippen LogP contribution is -2.45. The second kappa shape index (κ2) is 7.28. The summed E-state index contributed by atoms with van der Waals surface area (Å²) in [5.41, 5.74) is 2.07. The lowest BCUT2D eigenvalue weighted by molar-refractivity contribution is 0.163. The zero-order chi connectivity index (χ0) is 13.5. The van der Waals surface area contributed by atoms with Crippen LogP contribution in [-0.2, 0) is 0 Å². The highest BCUT2D eigenvalue weighted by molar-refractivity contribution is 5.34. The van der Waals surface area contributed by atoms with Crippen molar-refractivity contribution in [3.63, 3.8) is 0 Å². The zero-order valence-electron chi connectivity index (χ0n) is 11.7. The number of unbranched alkanes of at least 4 members (excludes halogenated alkanes) is 1. The van der Waals surface area contributed by atoms with Gasteiger partial charge in [-0.15, -0.1) is 0 Å². The molecular weight excluding hydrogens is 234 g/mol. The minimum atomic E-state index is 0.468. The summed E-state index contributed by atoms with van der Waals surface area (Å²) in [4.78, 5) is 2.56. The SMILES string of the molecule is CCCC[C@H](c1cccc(C#N)c1)N1CCNCC1. The first-order chi connectivity index (χ1) is 9.35. The quantitative estimate of drug-likeness (QED) is 0.881. The Balaban J connectivity index is 2.17. The third kappa shape index (κ3) is 3.79. The molecule has 0 unspecified atom stereocenters. The van der Waals surface area contributed by atoms with Crippen molar-refractivity contribution in [3.05, 3.63) is 35.4 Å². The van der Waals surface area contributed by atoms with E-state index >= 15 is 0 Å². The molecule has 1 fully saturated rings. The summed E-state index contributed by atoms with van der Waals surface area (Å²) in [6.45, 7) is 6.58. The van der Waals surface area contributed by atoms with Crippen molar-refractivity contribution in [1.82, 2.24) is 10.2 Å². The molecule has 1 aromatic carbocycles. The number of benzene rings is 1. The van der Waals surface area contributed by atoms with Gasteiger partial charge < -0.3 is 5.32 Å². The van der Waals surface area contributed by atoms with Gasteiger partial charge in [0, 0.05) is 32.2 Å². The third-order valence-electron chi connectivity index (χ3n) is 3.82. The van der Waals surface area contributed by atoms with Crippen LogP contribution >= 0.6 is 0 Å². The highest BCUT2D eigenvalue weighted by atomic mass is 15.2. The zero-order valence-corrected chi connectivity index (χ0v) is 11.7. The molecule has 0 radical (unpaired) electrons. The summed E-state index contributed by atoms with van der Waals surface area (Å²) in [5.74, 6) is 0. The molecule has 102 valence electrons. The maximum atomic E-state index is 9.06. The standard InChI is InChI=1S/C16H23N3/c1-2-3-7-16(19-10-8-18-9-11-19)15-6-4-5-14(12-15)13-17/h4-6,12,16,18H,2-3,7-11H2,1H3/t16-/m1/s1. The first-order valence-electron chi connectivity index (χ1n) is 7.30. The molecule has 1 N–H and O–H groups in total. The molecule has 1 heterocycles. The van der Waals surface area contributed by atoms with Gasteiger partial charge in [0.2, 0.25) is 0 Å². The van der Waals surface area contributed by atoms with E-state index in [0.717, 1.165) is 31.7 Å². The van der Waals surface area contributed by atoms with Crippen molar-refractivity contribution in [3.8, 4) is 6.07 Å². The van der Waals surface area contributed by atoms with E-state index in [2.05, 4.69) is 35.3 Å². The molecule has 0 amide bonds. The Morgan fingerprint density at radius 1 is 1.37 bits per heavy atom. The molecule has 2 rings (SSSR count). The van der Waals surface area contributed by atoms with Crippen LogP contribution in [0.25, 0.3) is 0 Å². The van der Waals surface area contributed by atoms with Gasteiger partial charge in [-0.25, -0.2) is 0 Å². The van der Waals surface area contributed by atoms with Crippen LogP contribution in [0.5, 0.6) is 0 Å². The fourth-order valence-corrected chi connectivity index (χ4v) is 2.77. The number of rotatable bonds is 5. The highest BCUT2D eigenvalue weighted by Crippen LogP contribution is 2.27. The first kappa shape index (κ1) is 14.0. The third-order valence-corrected chi connectivity index (χ3v) is 3.82. The number of nitrogens with one attached hydrogen (secondary N) is 1. The molecule has 1 saturated heterocycles. The largest absolute Gasteiger partial charge is 0.314 e. The average molecular weight is 257 g/mol. The maximum Gasteiger partial charge on any atom is 0.0991 e. The van der Waals surface area contributed by atoms with Crippen molar-refractivity contribution >= 4 is 0 Å². The van der Waals surface area contributed by atoms with Crippen molar-refractivity contribution in [1.29, 1.82) is 5.26 Å². The molecule has 1 aliphatic heterocycles. The highest BCUT2D eigenvalue weighted by Gasteiger charge is 2.21. The number of nitrogens with zero attached hydrogens (tertiary/aromatic N) is 2. The minimum absolute atomic E-state index is 0.468. The van der Waals surface area contributed by atoms with Gasteiger partial charge in [-0.2, -0.15) is 5.26 Å². The van der Waals surface area contributed by atoms with Crippen LogP contribution in [0.2, 0.25) is 0 Å². The summed E-state index contributed by atoms with van der Waals surface area (Å²) < 4.78 is 0. The Labute approximate surface area is 116 Å². The van der Waals surface area contributed by atoms with E-state index in [4.69, 9.17) is 5.26 Å². The van der Waals surface area contributed by atoms with Gasteiger partial charge >= 0.3 is 0 Å². The maximum absolute atomic E-state index is 9.06. The number of nitriles is 1. The van der Waals surface area contributed by atoms with Crippen LogP contribution in [0.3, 0.4) is 0 Å². The monoisotopic (exact) mass is 257 g/mol. The molecule has 0 aliphatic carbocycles. The Bertz CT molecular complexity index is 430. The van der Waals surface area contributed by atoms with Gasteiger partial charge in [0.25, 0.3) is 0 Å². The fraction of sp³-hybridized carbons (Fsp3) is 0.562. The van der Waals surface area contributed by atoms with Crippen molar-refractivity contribution in [2.24, 2.45) is 0 Å². The van der Waals surface area contributed by atoms with E-state index in [9.17, 15) is 0 Å². The molecule has 1 atom stereocenters. The van der Waals surface area contributed by atoms with E-state index in [1.807, 2.05) is 12.1 Å². The number of hydrogen-bond donors (Lipinski definition) is 1. The van der Waals surface area contributed by atoms with Crippen LogP contribution in [0.4, 0.5) is 0 Å². The van der Waals surface area contributed by atoms with Gasteiger partial charge in [0.15, 0.2) is 0 Å². The van der Waals surface area contributed by atoms with E-state index < -0.39 is 0 Å². The summed E-state index contributed by atoms with van der Waals surface area (Å²) in [6, 6.07) is 10.8. The summed E-state index contributed by atoms with van der Waals surface area (Å²) >= 11 is 0. The molecule has 0 saturated carbocycles. The molecule has 3 nitrogen and oxygen atoms in total. The average Bonchev–Trinajstić information content (AvgIpc) is 2.49. The normalized spacial score (nSPS) is 17.9. The Morgan fingerprint density at radius 2 is 2.16 bits per heavy atom. The fourth-order valence-electron chi connectivity index (χ4n) is 2.77. The lowest BCUT2D eigenvalue weighted by atomic mass is 9.97. The summed E-state index contributed by atoms with van der Waals surface area (Å²) in [7, 11) is 0. The van der Waals surface area contributed by atoms with E-state index in [-0.39, 0.29) is 0 Å². The first-order valence-corrected chi connectivity index (χ1v) is 7.30. The van der Waals surface area contributed by atoms with Crippen molar-refractivity contribution in [2.45, 2.75) is 32.2 Å². The predicted octanol–water partition coefficient (Wildman–Crippen LogP) is 2.69. The minimum Gasteiger partial charge on any atom is -0.314 e. The van der Waals surface area contributed by atoms with Gasteiger partial charge in [-0.1, -0.05) is 31.9 Å². The van der Waals surface area contributed by atoms with E-state index in [0.29, 0.717) is 6.04 Å². The molecule has 1 aromatic rings. The lowest BCUT2D eigenvalue weighted by Gasteiger charge is -2.35. The molecule has 0 bridgehead atoms. The van der Waals surface area contributed by atoms with Gasteiger partial charge in [0.1, 0.15) is 0 Å². The van der Waals surface area contributed by atoms with Crippen molar-refractivity contribution < 1.29 is 0 Å². The molecule has 0 aromatic heterocycles. The Morgan fingerprint density at radius 3 is 2.84 bits per heavy atom. The van der Waals surface area contributed by atoms with Crippen LogP contribution in [0.1, 0.15) is 43.4 Å². The van der Waals surface area contributed by atoms with E-state index in [1.54, 1.807) is 0 Å². The van der Waals surface area contributed by atoms with Crippen molar-refractivity contribution in [2.75, 3.05) is 26.2 Å². The molecular formula is C16H23N3. The Hall–Kier alpha value is -1.37. The van der Waals surface area contributed by atoms with Crippen LogP contribution in [0, 0.1) is 11.3 Å². The smallest absolute Gasteiger partial charge is 0.0991 e. The molecule has 19 heavy (non-hydrogen) atoms. The number of piperazine rings is 1. The predicted molar refractivity (Wildman–Crippen MR) is 77.9 cm³/mol. The molecule has 3 heteroatoms. The summed E-state index contributed by atoms with van der Waals surface area (Å²) in [5, 5.41) is 12.5. The number of hydrogen-bond acceptors (Lipinski definition) is 3.